The van der Waals surface area contributed by atoms with E-state index in [0.29, 0.717) is 30.8 Å². The summed E-state index contributed by atoms with van der Waals surface area (Å²) in [6.07, 6.45) is 6.27. The number of piperidine rings is 1. The van der Waals surface area contributed by atoms with Crippen molar-refractivity contribution < 1.29 is 19.1 Å². The molecule has 1 amide bonds. The Bertz CT molecular complexity index is 1250. The molecule has 9 heteroatoms. The minimum absolute atomic E-state index is 0.192. The first-order valence-corrected chi connectivity index (χ1v) is 15.3. The number of carbonyl (C=O) groups excluding carboxylic acids is 1. The molecule has 41 heavy (non-hydrogen) atoms. The molecule has 1 spiro atoms. The van der Waals surface area contributed by atoms with Crippen LogP contribution < -0.4 is 4.74 Å². The van der Waals surface area contributed by atoms with Crippen LogP contribution in [0.1, 0.15) is 122 Å². The topological polar surface area (TPSA) is 91.1 Å². The Balaban J connectivity index is 1.12. The van der Waals surface area contributed by atoms with E-state index in [9.17, 15) is 4.79 Å². The van der Waals surface area contributed by atoms with Crippen LogP contribution in [0.25, 0.3) is 0 Å². The number of hydrogen-bond donors (Lipinski definition) is 0. The van der Waals surface area contributed by atoms with Crippen molar-refractivity contribution in [2.45, 2.75) is 116 Å². The average Bonchev–Trinajstić information content (AvgIpc) is 3.52. The van der Waals surface area contributed by atoms with Gasteiger partial charge in [0, 0.05) is 51.2 Å². The van der Waals surface area contributed by atoms with E-state index in [0.717, 1.165) is 62.3 Å². The lowest BCUT2D eigenvalue weighted by atomic mass is 9.76. The Hall–Kier alpha value is -3.10. The molecule has 3 heterocycles. The number of aromatic nitrogens is 3. The van der Waals surface area contributed by atoms with Crippen molar-refractivity contribution in [2.75, 3.05) is 13.1 Å². The van der Waals surface area contributed by atoms with Gasteiger partial charge in [-0.1, -0.05) is 31.1 Å². The van der Waals surface area contributed by atoms with Crippen molar-refractivity contribution in [1.82, 2.24) is 19.7 Å². The molecule has 0 radical (unpaired) electrons. The molecule has 1 saturated carbocycles. The third kappa shape index (κ3) is 6.70. The van der Waals surface area contributed by atoms with Crippen molar-refractivity contribution in [3.8, 4) is 5.75 Å². The Labute approximate surface area is 244 Å². The first-order chi connectivity index (χ1) is 19.4. The molecular formula is C32H47N5O4. The molecule has 1 aromatic carbocycles. The van der Waals surface area contributed by atoms with E-state index < -0.39 is 5.60 Å². The van der Waals surface area contributed by atoms with Gasteiger partial charge >= 0.3 is 6.09 Å². The molecule has 2 fully saturated rings. The van der Waals surface area contributed by atoms with Gasteiger partial charge in [0.1, 0.15) is 22.8 Å². The molecule has 9 nitrogen and oxygen atoms in total. The lowest BCUT2D eigenvalue weighted by Gasteiger charge is -2.38. The van der Waals surface area contributed by atoms with Gasteiger partial charge in [-0.15, -0.1) is 10.2 Å². The summed E-state index contributed by atoms with van der Waals surface area (Å²) in [5.74, 6) is 4.03. The van der Waals surface area contributed by atoms with E-state index in [1.807, 2.05) is 39.8 Å². The second-order valence-corrected chi connectivity index (χ2v) is 13.5. The summed E-state index contributed by atoms with van der Waals surface area (Å²) < 4.78 is 14.0. The largest absolute Gasteiger partial charge is 0.483 e. The maximum Gasteiger partial charge on any atom is 0.410 e. The van der Waals surface area contributed by atoms with Gasteiger partial charge in [0.25, 0.3) is 0 Å². The fraction of sp³-hybridized carbons (Fsp3) is 0.688. The molecule has 2 aromatic rings. The highest BCUT2D eigenvalue weighted by Gasteiger charge is 2.45. The number of amides is 1. The van der Waals surface area contributed by atoms with Crippen molar-refractivity contribution in [3.05, 3.63) is 41.5 Å². The summed E-state index contributed by atoms with van der Waals surface area (Å²) in [4.78, 5) is 20.3. The number of benzene rings is 1. The van der Waals surface area contributed by atoms with E-state index in [1.165, 1.54) is 11.3 Å². The summed E-state index contributed by atoms with van der Waals surface area (Å²) in [5, 5.41) is 13.8. The second kappa shape index (κ2) is 11.6. The van der Waals surface area contributed by atoms with Gasteiger partial charge < -0.3 is 23.8 Å². The summed E-state index contributed by atoms with van der Waals surface area (Å²) in [6, 6.07) is 8.30. The van der Waals surface area contributed by atoms with Crippen molar-refractivity contribution in [3.63, 3.8) is 0 Å². The molecule has 1 aromatic heterocycles. The number of nitrogens with zero attached hydrogens (tertiary/aromatic N) is 5. The van der Waals surface area contributed by atoms with Crippen LogP contribution in [0.5, 0.6) is 5.75 Å². The Morgan fingerprint density at radius 1 is 1.05 bits per heavy atom. The molecule has 1 aliphatic carbocycles. The van der Waals surface area contributed by atoms with E-state index in [4.69, 9.17) is 14.3 Å². The van der Waals surface area contributed by atoms with Gasteiger partial charge in [0.05, 0.1) is 5.71 Å². The molecule has 1 atom stereocenters. The SMILES string of the molecule is CC(C)c1cccc(O[C@H](C)c2nnc([C@H]3CC[C@H](C4=NOC5(CCN(C(=O)OC(C)(C)C)CC5)C4)CC3)n2C)c1. The number of carbonyl (C=O) groups is 1. The Morgan fingerprint density at radius 3 is 2.39 bits per heavy atom. The first-order valence-electron chi connectivity index (χ1n) is 15.3. The zero-order valence-electron chi connectivity index (χ0n) is 25.9. The normalized spacial score (nSPS) is 23.3. The zero-order valence-corrected chi connectivity index (χ0v) is 25.9. The molecule has 0 N–H and O–H groups in total. The van der Waals surface area contributed by atoms with Gasteiger partial charge in [-0.05, 0) is 77.0 Å². The van der Waals surface area contributed by atoms with Gasteiger partial charge in [0.15, 0.2) is 11.9 Å². The van der Waals surface area contributed by atoms with E-state index in [1.54, 1.807) is 4.90 Å². The maximum atomic E-state index is 12.5. The van der Waals surface area contributed by atoms with E-state index in [2.05, 4.69) is 52.9 Å². The lowest BCUT2D eigenvalue weighted by molar-refractivity contribution is -0.0639. The summed E-state index contributed by atoms with van der Waals surface area (Å²) in [7, 11) is 2.06. The van der Waals surface area contributed by atoms with Crippen LogP contribution in [0.4, 0.5) is 4.79 Å². The molecule has 0 unspecified atom stereocenters. The van der Waals surface area contributed by atoms with Crippen LogP contribution in [0.3, 0.4) is 0 Å². The highest BCUT2D eigenvalue weighted by molar-refractivity contribution is 5.88. The van der Waals surface area contributed by atoms with Crippen LogP contribution in [-0.4, -0.2) is 55.8 Å². The quantitative estimate of drug-likeness (QED) is 0.378. The van der Waals surface area contributed by atoms with Gasteiger partial charge in [-0.25, -0.2) is 4.79 Å². The van der Waals surface area contributed by atoms with E-state index in [-0.39, 0.29) is 17.8 Å². The van der Waals surface area contributed by atoms with Crippen molar-refractivity contribution in [1.29, 1.82) is 0 Å². The average molecular weight is 566 g/mol. The van der Waals surface area contributed by atoms with Crippen LogP contribution >= 0.6 is 0 Å². The van der Waals surface area contributed by atoms with Gasteiger partial charge in [-0.2, -0.15) is 0 Å². The summed E-state index contributed by atoms with van der Waals surface area (Å²) in [5.41, 5.74) is 1.70. The molecule has 1 saturated heterocycles. The van der Waals surface area contributed by atoms with Crippen LogP contribution in [0, 0.1) is 5.92 Å². The van der Waals surface area contributed by atoms with Gasteiger partial charge in [-0.3, -0.25) is 0 Å². The highest BCUT2D eigenvalue weighted by Crippen LogP contribution is 2.42. The van der Waals surface area contributed by atoms with Crippen LogP contribution in [-0.2, 0) is 16.6 Å². The van der Waals surface area contributed by atoms with Gasteiger partial charge in [0.2, 0.25) is 0 Å². The lowest BCUT2D eigenvalue weighted by Crippen LogP contribution is -2.48. The monoisotopic (exact) mass is 565 g/mol. The number of rotatable bonds is 6. The number of hydrogen-bond acceptors (Lipinski definition) is 7. The summed E-state index contributed by atoms with van der Waals surface area (Å²) in [6.45, 7) is 13.4. The highest BCUT2D eigenvalue weighted by atomic mass is 16.7. The number of likely N-dealkylation sites (tertiary alicyclic amines) is 1. The maximum absolute atomic E-state index is 12.5. The molecule has 3 aliphatic rings. The molecule has 5 rings (SSSR count). The third-order valence-corrected chi connectivity index (χ3v) is 8.89. The standard InChI is InChI=1S/C32H47N5O4/c1-21(2)25-9-8-10-26(19-25)39-22(3)28-33-34-29(36(28)7)24-13-11-23(12-14-24)27-20-32(41-35-27)15-17-37(18-16-32)30(38)40-31(4,5)6/h8-10,19,21-24H,11-18,20H2,1-7H3/t22-,23-,24-/m1/s1. The second-order valence-electron chi connectivity index (χ2n) is 13.5. The fourth-order valence-electron chi connectivity index (χ4n) is 6.41. The smallest absolute Gasteiger partial charge is 0.410 e. The minimum Gasteiger partial charge on any atom is -0.483 e. The van der Waals surface area contributed by atoms with Crippen molar-refractivity contribution in [2.24, 2.45) is 18.1 Å². The minimum atomic E-state index is -0.482. The third-order valence-electron chi connectivity index (χ3n) is 8.89. The fourth-order valence-corrected chi connectivity index (χ4v) is 6.41. The summed E-state index contributed by atoms with van der Waals surface area (Å²) >= 11 is 0. The molecule has 0 bridgehead atoms. The van der Waals surface area contributed by atoms with E-state index >= 15 is 0 Å². The van der Waals surface area contributed by atoms with Crippen LogP contribution in [0.2, 0.25) is 0 Å². The molecule has 2 aliphatic heterocycles. The molecular weight excluding hydrogens is 518 g/mol. The zero-order chi connectivity index (χ0) is 29.4. The first kappa shape index (κ1) is 29.4. The van der Waals surface area contributed by atoms with Crippen LogP contribution in [0.15, 0.2) is 29.4 Å². The predicted molar refractivity (Wildman–Crippen MR) is 158 cm³/mol. The molecule has 224 valence electrons. The predicted octanol–water partition coefficient (Wildman–Crippen LogP) is 6.90. The Kier molecular flexibility index (Phi) is 8.35. The Morgan fingerprint density at radius 2 is 1.73 bits per heavy atom. The number of oxime groups is 1. The number of ether oxygens (including phenoxy) is 2. The van der Waals surface area contributed by atoms with Crippen molar-refractivity contribution >= 4 is 11.8 Å².